The second-order valence-electron chi connectivity index (χ2n) is 9.32. The number of nitrogens with one attached hydrogen (secondary N) is 1. The number of likely N-dealkylation sites (N-methyl/N-ethyl adjacent to an activating group) is 1. The van der Waals surface area contributed by atoms with Crippen LogP contribution < -0.4 is 21.9 Å². The van der Waals surface area contributed by atoms with Crippen LogP contribution >= 0.6 is 0 Å². The van der Waals surface area contributed by atoms with Crippen LogP contribution in [0.1, 0.15) is 30.9 Å². The fourth-order valence-electron chi connectivity index (χ4n) is 4.46. The molecule has 0 saturated heterocycles. The number of benzene rings is 3. The number of unbranched alkanes of at least 4 members (excludes halogenated alkanes) is 1. The number of hydrogen-bond donors (Lipinski definition) is 2. The van der Waals surface area contributed by atoms with Gasteiger partial charge in [0.2, 0.25) is 5.91 Å². The van der Waals surface area contributed by atoms with Gasteiger partial charge in [-0.3, -0.25) is 28.9 Å². The zero-order chi connectivity index (χ0) is 26.4. The Labute approximate surface area is 216 Å². The maximum Gasteiger partial charge on any atom is 0.330 e. The molecule has 1 amide bonds. The van der Waals surface area contributed by atoms with Crippen molar-refractivity contribution >= 4 is 28.2 Å². The SMILES string of the molecule is CCCCn1c(N)c(N(Cc2ccccc2)C(=O)CN(C)Cc2ccc3ccccc3c2)c(=O)[nH]c1=O. The molecule has 0 saturated carbocycles. The van der Waals surface area contributed by atoms with Crippen molar-refractivity contribution < 1.29 is 4.79 Å². The number of fused-ring (bicyclic) bond motifs is 1. The number of rotatable bonds is 10. The van der Waals surface area contributed by atoms with Crippen LogP contribution in [0.25, 0.3) is 10.8 Å². The van der Waals surface area contributed by atoms with Crippen LogP contribution in [0.3, 0.4) is 0 Å². The number of nitrogens with two attached hydrogens (primary N) is 1. The minimum atomic E-state index is -0.670. The number of aromatic nitrogens is 2. The number of carbonyl (C=O) groups is 1. The summed E-state index contributed by atoms with van der Waals surface area (Å²) in [7, 11) is 1.86. The number of aromatic amines is 1. The van der Waals surface area contributed by atoms with Gasteiger partial charge in [-0.25, -0.2) is 4.79 Å². The summed E-state index contributed by atoms with van der Waals surface area (Å²) in [5.74, 6) is -0.284. The fourth-order valence-corrected chi connectivity index (χ4v) is 4.46. The van der Waals surface area contributed by atoms with E-state index in [2.05, 4.69) is 35.3 Å². The highest BCUT2D eigenvalue weighted by molar-refractivity contribution is 5.96. The van der Waals surface area contributed by atoms with Crippen LogP contribution in [0.5, 0.6) is 0 Å². The van der Waals surface area contributed by atoms with Crippen LogP contribution in [-0.4, -0.2) is 34.0 Å². The highest BCUT2D eigenvalue weighted by Gasteiger charge is 2.25. The number of hydrogen-bond acceptors (Lipinski definition) is 5. The van der Waals surface area contributed by atoms with Crippen LogP contribution in [-0.2, 0) is 24.4 Å². The fraction of sp³-hybridized carbons (Fsp3) is 0.276. The van der Waals surface area contributed by atoms with Crippen LogP contribution in [0.2, 0.25) is 0 Å². The Morgan fingerprint density at radius 1 is 0.919 bits per heavy atom. The average molecular weight is 500 g/mol. The van der Waals surface area contributed by atoms with E-state index in [-0.39, 0.29) is 30.5 Å². The lowest BCUT2D eigenvalue weighted by Crippen LogP contribution is -2.44. The number of H-pyrrole nitrogens is 1. The first kappa shape index (κ1) is 25.9. The smallest absolute Gasteiger partial charge is 0.330 e. The van der Waals surface area contributed by atoms with Crippen LogP contribution in [0.4, 0.5) is 11.5 Å². The van der Waals surface area contributed by atoms with E-state index >= 15 is 0 Å². The molecule has 0 fully saturated rings. The largest absolute Gasteiger partial charge is 0.383 e. The molecule has 0 bridgehead atoms. The molecule has 3 N–H and O–H groups in total. The van der Waals surface area contributed by atoms with E-state index in [0.29, 0.717) is 13.1 Å². The molecule has 0 unspecified atom stereocenters. The molecule has 0 aliphatic carbocycles. The Kier molecular flexibility index (Phi) is 8.20. The van der Waals surface area contributed by atoms with Crippen molar-refractivity contribution in [2.24, 2.45) is 0 Å². The van der Waals surface area contributed by atoms with Gasteiger partial charge in [0, 0.05) is 13.1 Å². The van der Waals surface area contributed by atoms with Crippen molar-refractivity contribution in [1.82, 2.24) is 14.5 Å². The Morgan fingerprint density at radius 2 is 1.62 bits per heavy atom. The monoisotopic (exact) mass is 499 g/mol. The van der Waals surface area contributed by atoms with Crippen molar-refractivity contribution in [3.8, 4) is 0 Å². The van der Waals surface area contributed by atoms with Crippen molar-refractivity contribution in [3.05, 3.63) is 105 Å². The molecule has 0 aliphatic heterocycles. The predicted molar refractivity (Wildman–Crippen MR) is 149 cm³/mol. The quantitative estimate of drug-likeness (QED) is 0.346. The highest BCUT2D eigenvalue weighted by Crippen LogP contribution is 2.21. The van der Waals surface area contributed by atoms with E-state index in [1.165, 1.54) is 9.47 Å². The Morgan fingerprint density at radius 3 is 2.35 bits per heavy atom. The van der Waals surface area contributed by atoms with Gasteiger partial charge in [0.15, 0.2) is 5.69 Å². The summed E-state index contributed by atoms with van der Waals surface area (Å²) >= 11 is 0. The second-order valence-corrected chi connectivity index (χ2v) is 9.32. The van der Waals surface area contributed by atoms with Gasteiger partial charge in [-0.15, -0.1) is 0 Å². The molecule has 192 valence electrons. The molecule has 3 aromatic carbocycles. The molecule has 4 rings (SSSR count). The number of amides is 1. The minimum absolute atomic E-state index is 0.00339. The van der Waals surface area contributed by atoms with Gasteiger partial charge in [0.05, 0.1) is 13.1 Å². The normalized spacial score (nSPS) is 11.2. The van der Waals surface area contributed by atoms with Crippen molar-refractivity contribution in [3.63, 3.8) is 0 Å². The molecule has 4 aromatic rings. The Balaban J connectivity index is 1.63. The lowest BCUT2D eigenvalue weighted by atomic mass is 10.1. The standard InChI is InChI=1S/C29H33N5O3/c1-3-4-16-33-27(30)26(28(36)31-29(33)37)34(19-21-10-6-5-7-11-21)25(35)20-32(2)18-22-14-15-23-12-8-9-13-24(23)17-22/h5-15,17H,3-4,16,18-20,30H2,1-2H3,(H,31,36,37). The van der Waals surface area contributed by atoms with Gasteiger partial charge in [-0.2, -0.15) is 0 Å². The van der Waals surface area contributed by atoms with Crippen molar-refractivity contribution in [2.75, 3.05) is 24.2 Å². The zero-order valence-corrected chi connectivity index (χ0v) is 21.3. The third-order valence-corrected chi connectivity index (χ3v) is 6.38. The predicted octanol–water partition coefficient (Wildman–Crippen LogP) is 3.74. The summed E-state index contributed by atoms with van der Waals surface area (Å²) in [6.07, 6.45) is 1.57. The van der Waals surface area contributed by atoms with Gasteiger partial charge in [-0.05, 0) is 41.4 Å². The lowest BCUT2D eigenvalue weighted by molar-refractivity contribution is -0.119. The lowest BCUT2D eigenvalue weighted by Gasteiger charge is -2.27. The number of carbonyl (C=O) groups excluding carboxylic acids is 1. The summed E-state index contributed by atoms with van der Waals surface area (Å²) in [5.41, 5.74) is 7.05. The molecule has 0 aliphatic rings. The first-order chi connectivity index (χ1) is 17.9. The first-order valence-electron chi connectivity index (χ1n) is 12.5. The average Bonchev–Trinajstić information content (AvgIpc) is 2.88. The third-order valence-electron chi connectivity index (χ3n) is 6.38. The van der Waals surface area contributed by atoms with Crippen molar-refractivity contribution in [2.45, 2.75) is 39.4 Å². The Hall–Kier alpha value is -4.17. The molecule has 1 heterocycles. The van der Waals surface area contributed by atoms with Gasteiger partial charge in [-0.1, -0.05) is 80.1 Å². The summed E-state index contributed by atoms with van der Waals surface area (Å²) in [6.45, 7) is 3.14. The maximum atomic E-state index is 13.7. The molecule has 37 heavy (non-hydrogen) atoms. The summed E-state index contributed by atoms with van der Waals surface area (Å²) < 4.78 is 1.34. The van der Waals surface area contributed by atoms with Gasteiger partial charge < -0.3 is 5.73 Å². The summed E-state index contributed by atoms with van der Waals surface area (Å²) in [6, 6.07) is 23.8. The molecule has 8 nitrogen and oxygen atoms in total. The summed E-state index contributed by atoms with van der Waals surface area (Å²) in [4.78, 5) is 44.7. The van der Waals surface area contributed by atoms with E-state index in [1.807, 2.05) is 61.3 Å². The van der Waals surface area contributed by atoms with E-state index in [9.17, 15) is 14.4 Å². The number of nitrogen functional groups attached to an aromatic ring is 1. The molecular formula is C29H33N5O3. The van der Waals surface area contributed by atoms with E-state index in [4.69, 9.17) is 5.73 Å². The van der Waals surface area contributed by atoms with Gasteiger partial charge in [0.1, 0.15) is 5.82 Å². The molecule has 0 spiro atoms. The van der Waals surface area contributed by atoms with Gasteiger partial charge >= 0.3 is 5.69 Å². The first-order valence-corrected chi connectivity index (χ1v) is 12.5. The molecular weight excluding hydrogens is 466 g/mol. The number of nitrogens with zero attached hydrogens (tertiary/aromatic N) is 3. The molecule has 0 atom stereocenters. The van der Waals surface area contributed by atoms with E-state index in [1.54, 1.807) is 0 Å². The van der Waals surface area contributed by atoms with E-state index in [0.717, 1.165) is 34.7 Å². The van der Waals surface area contributed by atoms with Crippen molar-refractivity contribution in [1.29, 1.82) is 0 Å². The van der Waals surface area contributed by atoms with Crippen LogP contribution in [0, 0.1) is 0 Å². The third kappa shape index (κ3) is 6.16. The minimum Gasteiger partial charge on any atom is -0.383 e. The van der Waals surface area contributed by atoms with Crippen LogP contribution in [0.15, 0.2) is 82.4 Å². The van der Waals surface area contributed by atoms with E-state index < -0.39 is 11.2 Å². The molecule has 8 heteroatoms. The Bertz CT molecular complexity index is 1490. The highest BCUT2D eigenvalue weighted by atomic mass is 16.2. The maximum absolute atomic E-state index is 13.7. The second kappa shape index (κ2) is 11.7. The topological polar surface area (TPSA) is 104 Å². The number of anilines is 2. The summed E-state index contributed by atoms with van der Waals surface area (Å²) in [5, 5.41) is 2.30. The van der Waals surface area contributed by atoms with Gasteiger partial charge in [0.25, 0.3) is 5.56 Å². The molecule has 0 radical (unpaired) electrons. The zero-order valence-electron chi connectivity index (χ0n) is 21.3. The molecule has 1 aromatic heterocycles.